The van der Waals surface area contributed by atoms with Crippen LogP contribution in [0, 0.1) is 11.8 Å². The van der Waals surface area contributed by atoms with Gasteiger partial charge in [0.2, 0.25) is 0 Å². The number of benzene rings is 1. The maximum Gasteiger partial charge on any atom is 0.121 e. The van der Waals surface area contributed by atoms with Crippen molar-refractivity contribution in [1.29, 1.82) is 0 Å². The molecule has 1 fully saturated rings. The molecule has 1 aromatic rings. The van der Waals surface area contributed by atoms with Crippen LogP contribution in [0.15, 0.2) is 22.7 Å². The van der Waals surface area contributed by atoms with E-state index in [2.05, 4.69) is 41.2 Å². The van der Waals surface area contributed by atoms with Gasteiger partial charge >= 0.3 is 0 Å². The van der Waals surface area contributed by atoms with Gasteiger partial charge in [-0.3, -0.25) is 0 Å². The topological polar surface area (TPSA) is 21.3 Å². The van der Waals surface area contributed by atoms with Crippen LogP contribution >= 0.6 is 15.9 Å². The summed E-state index contributed by atoms with van der Waals surface area (Å²) in [5.41, 5.74) is 1.14. The molecule has 0 saturated heterocycles. The smallest absolute Gasteiger partial charge is 0.121 e. The first-order valence-electron chi connectivity index (χ1n) is 6.70. The van der Waals surface area contributed by atoms with Gasteiger partial charge in [0.05, 0.1) is 12.8 Å². The third kappa shape index (κ3) is 3.19. The van der Waals surface area contributed by atoms with E-state index < -0.39 is 0 Å². The lowest BCUT2D eigenvalue weighted by Gasteiger charge is -2.33. The first-order valence-corrected chi connectivity index (χ1v) is 7.49. The summed E-state index contributed by atoms with van der Waals surface area (Å²) in [4.78, 5) is 0. The molecule has 1 aliphatic rings. The number of anilines is 1. The highest BCUT2D eigenvalue weighted by atomic mass is 79.9. The Morgan fingerprint density at radius 2 is 2.00 bits per heavy atom. The van der Waals surface area contributed by atoms with Crippen LogP contribution in [0.2, 0.25) is 0 Å². The van der Waals surface area contributed by atoms with Gasteiger partial charge in [0.25, 0.3) is 0 Å². The summed E-state index contributed by atoms with van der Waals surface area (Å²) >= 11 is 3.60. The van der Waals surface area contributed by atoms with Gasteiger partial charge in [-0.2, -0.15) is 0 Å². The molecule has 100 valence electrons. The Morgan fingerprint density at radius 1 is 1.22 bits per heavy atom. The minimum Gasteiger partial charge on any atom is -0.497 e. The molecule has 0 radical (unpaired) electrons. The summed E-state index contributed by atoms with van der Waals surface area (Å²) < 4.78 is 6.38. The van der Waals surface area contributed by atoms with Crippen LogP contribution in [0.3, 0.4) is 0 Å². The molecule has 0 bridgehead atoms. The lowest BCUT2D eigenvalue weighted by molar-refractivity contribution is 0.261. The van der Waals surface area contributed by atoms with Crippen molar-refractivity contribution in [3.63, 3.8) is 0 Å². The van der Waals surface area contributed by atoms with Gasteiger partial charge in [-0.25, -0.2) is 0 Å². The van der Waals surface area contributed by atoms with E-state index in [-0.39, 0.29) is 0 Å². The Hall–Kier alpha value is -0.700. The summed E-state index contributed by atoms with van der Waals surface area (Å²) in [5.74, 6) is 2.57. The van der Waals surface area contributed by atoms with Gasteiger partial charge in [0.15, 0.2) is 0 Å². The molecule has 0 heterocycles. The van der Waals surface area contributed by atoms with Gasteiger partial charge in [-0.15, -0.1) is 0 Å². The maximum atomic E-state index is 5.28. The van der Waals surface area contributed by atoms with Crippen molar-refractivity contribution in [3.05, 3.63) is 22.7 Å². The first-order chi connectivity index (χ1) is 8.60. The average molecular weight is 312 g/mol. The van der Waals surface area contributed by atoms with Gasteiger partial charge in [0, 0.05) is 16.6 Å². The first kappa shape index (κ1) is 13.7. The molecular weight excluding hydrogens is 290 g/mol. The summed E-state index contributed by atoms with van der Waals surface area (Å²) in [7, 11) is 1.71. The third-order valence-electron chi connectivity index (χ3n) is 4.13. The van der Waals surface area contributed by atoms with Gasteiger partial charge in [-0.1, -0.05) is 13.8 Å². The maximum absolute atomic E-state index is 5.28. The molecule has 3 heteroatoms. The van der Waals surface area contributed by atoms with Crippen molar-refractivity contribution in [2.45, 2.75) is 39.2 Å². The van der Waals surface area contributed by atoms with E-state index in [9.17, 15) is 0 Å². The molecule has 1 aliphatic carbocycles. The molecule has 1 saturated carbocycles. The van der Waals surface area contributed by atoms with Crippen LogP contribution < -0.4 is 10.1 Å². The molecule has 2 nitrogen and oxygen atoms in total. The third-order valence-corrected chi connectivity index (χ3v) is 4.82. The van der Waals surface area contributed by atoms with Crippen LogP contribution in [0.25, 0.3) is 0 Å². The van der Waals surface area contributed by atoms with Crippen molar-refractivity contribution < 1.29 is 4.74 Å². The Bertz CT molecular complexity index is 407. The van der Waals surface area contributed by atoms with Crippen molar-refractivity contribution in [1.82, 2.24) is 0 Å². The molecule has 0 spiro atoms. The zero-order valence-electron chi connectivity index (χ0n) is 11.4. The Kier molecular flexibility index (Phi) is 4.55. The van der Waals surface area contributed by atoms with Crippen LogP contribution in [-0.2, 0) is 0 Å². The summed E-state index contributed by atoms with van der Waals surface area (Å²) in [5, 5.41) is 3.65. The van der Waals surface area contributed by atoms with E-state index in [0.29, 0.717) is 6.04 Å². The Labute approximate surface area is 118 Å². The molecule has 3 atom stereocenters. The average Bonchev–Trinajstić information content (AvgIpc) is 2.36. The lowest BCUT2D eigenvalue weighted by atomic mass is 9.79. The molecule has 1 aromatic carbocycles. The number of rotatable bonds is 3. The van der Waals surface area contributed by atoms with Gasteiger partial charge < -0.3 is 10.1 Å². The van der Waals surface area contributed by atoms with E-state index in [4.69, 9.17) is 4.74 Å². The highest BCUT2D eigenvalue weighted by Crippen LogP contribution is 2.33. The Morgan fingerprint density at radius 3 is 2.67 bits per heavy atom. The predicted molar refractivity (Wildman–Crippen MR) is 80.3 cm³/mol. The number of hydrogen-bond donors (Lipinski definition) is 1. The molecule has 0 aliphatic heterocycles. The van der Waals surface area contributed by atoms with Gasteiger partial charge in [0.1, 0.15) is 5.75 Å². The van der Waals surface area contributed by atoms with Crippen LogP contribution in [0.1, 0.15) is 33.1 Å². The summed E-state index contributed by atoms with van der Waals surface area (Å²) in [6.07, 6.45) is 3.83. The molecule has 2 rings (SSSR count). The van der Waals surface area contributed by atoms with Crippen molar-refractivity contribution >= 4 is 21.6 Å². The van der Waals surface area contributed by atoms with Crippen LogP contribution in [-0.4, -0.2) is 13.2 Å². The van der Waals surface area contributed by atoms with E-state index >= 15 is 0 Å². The predicted octanol–water partition coefficient (Wildman–Crippen LogP) is 4.69. The van der Waals surface area contributed by atoms with Crippen LogP contribution in [0.5, 0.6) is 5.75 Å². The summed E-state index contributed by atoms with van der Waals surface area (Å²) in [6.45, 7) is 4.72. The van der Waals surface area contributed by atoms with Gasteiger partial charge in [-0.05, 0) is 59.2 Å². The molecule has 1 N–H and O–H groups in total. The second-order valence-electron chi connectivity index (χ2n) is 5.45. The van der Waals surface area contributed by atoms with Crippen molar-refractivity contribution in [2.24, 2.45) is 11.8 Å². The molecule has 3 unspecified atom stereocenters. The number of methoxy groups -OCH3 is 1. The monoisotopic (exact) mass is 311 g/mol. The van der Waals surface area contributed by atoms with E-state index in [1.54, 1.807) is 7.11 Å². The second-order valence-corrected chi connectivity index (χ2v) is 6.31. The minimum atomic E-state index is 0.583. The van der Waals surface area contributed by atoms with E-state index in [0.717, 1.165) is 27.7 Å². The SMILES string of the molecule is COc1ccc(Br)c(NC2CCC(C)C(C)C2)c1. The molecule has 0 amide bonds. The fourth-order valence-corrected chi connectivity index (χ4v) is 3.00. The Balaban J connectivity index is 2.05. The number of nitrogens with one attached hydrogen (secondary N) is 1. The van der Waals surface area contributed by atoms with E-state index in [1.165, 1.54) is 19.3 Å². The highest BCUT2D eigenvalue weighted by molar-refractivity contribution is 9.10. The fourth-order valence-electron chi connectivity index (χ4n) is 2.64. The van der Waals surface area contributed by atoms with Crippen LogP contribution in [0.4, 0.5) is 5.69 Å². The normalized spacial score (nSPS) is 27.9. The second kappa shape index (κ2) is 5.96. The fraction of sp³-hybridized carbons (Fsp3) is 0.600. The standard InChI is InChI=1S/C15H22BrNO/c1-10-4-5-12(8-11(10)2)17-15-9-13(18-3)6-7-14(15)16/h6-7,9-12,17H,4-5,8H2,1-3H3. The number of hydrogen-bond acceptors (Lipinski definition) is 2. The highest BCUT2D eigenvalue weighted by Gasteiger charge is 2.24. The molecule has 0 aromatic heterocycles. The van der Waals surface area contributed by atoms with E-state index in [1.807, 2.05) is 12.1 Å². The zero-order chi connectivity index (χ0) is 13.1. The van der Waals surface area contributed by atoms with Crippen molar-refractivity contribution in [3.8, 4) is 5.75 Å². The largest absolute Gasteiger partial charge is 0.497 e. The molecule has 18 heavy (non-hydrogen) atoms. The zero-order valence-corrected chi connectivity index (χ0v) is 13.0. The quantitative estimate of drug-likeness (QED) is 0.874. The summed E-state index contributed by atoms with van der Waals surface area (Å²) in [6, 6.07) is 6.66. The number of halogens is 1. The van der Waals surface area contributed by atoms with Crippen molar-refractivity contribution in [2.75, 3.05) is 12.4 Å². The molecular formula is C15H22BrNO. The number of ether oxygens (including phenoxy) is 1. The lowest BCUT2D eigenvalue weighted by Crippen LogP contribution is -2.30. The minimum absolute atomic E-state index is 0.583.